The highest BCUT2D eigenvalue weighted by atomic mass is 16.5. The molecule has 1 rings (SSSR count). The molecule has 0 aliphatic heterocycles. The number of aliphatic carboxylic acids is 1. The Labute approximate surface area is 117 Å². The van der Waals surface area contributed by atoms with Gasteiger partial charge in [-0.05, 0) is 18.6 Å². The normalized spacial score (nSPS) is 13.3. The van der Waals surface area contributed by atoms with Gasteiger partial charge < -0.3 is 19.9 Å². The highest BCUT2D eigenvalue weighted by Gasteiger charge is 2.22. The third-order valence-electron chi connectivity index (χ3n) is 2.71. The molecular formula is C14H19NO5. The molecule has 0 fully saturated rings. The van der Waals surface area contributed by atoms with Crippen LogP contribution in [0, 0.1) is 0 Å². The van der Waals surface area contributed by atoms with Gasteiger partial charge in [-0.1, -0.05) is 25.1 Å². The van der Waals surface area contributed by atoms with E-state index in [-0.39, 0.29) is 12.5 Å². The number of ether oxygens (including phenoxy) is 2. The van der Waals surface area contributed by atoms with Crippen LogP contribution in [0.4, 0.5) is 0 Å². The molecule has 0 aliphatic rings. The molecule has 2 atom stereocenters. The number of carboxylic acids is 1. The number of rotatable bonds is 8. The van der Waals surface area contributed by atoms with Crippen molar-refractivity contribution in [3.05, 3.63) is 30.3 Å². The molecule has 2 unspecified atom stereocenters. The number of carboxylic acid groups (broad SMARTS) is 1. The summed E-state index contributed by atoms with van der Waals surface area (Å²) in [5, 5.41) is 11.3. The lowest BCUT2D eigenvalue weighted by Gasteiger charge is -2.18. The fraction of sp³-hybridized carbons (Fsp3) is 0.429. The molecule has 0 heterocycles. The molecule has 0 saturated carbocycles. The smallest absolute Gasteiger partial charge is 0.334 e. The van der Waals surface area contributed by atoms with Gasteiger partial charge in [0, 0.05) is 7.11 Å². The van der Waals surface area contributed by atoms with Crippen molar-refractivity contribution in [1.29, 1.82) is 0 Å². The Bertz CT molecular complexity index is 434. The van der Waals surface area contributed by atoms with Crippen LogP contribution < -0.4 is 10.1 Å². The van der Waals surface area contributed by atoms with Gasteiger partial charge in [-0.2, -0.15) is 0 Å². The van der Waals surface area contributed by atoms with Gasteiger partial charge in [0.25, 0.3) is 5.91 Å². The summed E-state index contributed by atoms with van der Waals surface area (Å²) in [5.41, 5.74) is 0. The molecule has 0 bridgehead atoms. The molecule has 110 valence electrons. The summed E-state index contributed by atoms with van der Waals surface area (Å²) in [5.74, 6) is -0.888. The van der Waals surface area contributed by atoms with Crippen LogP contribution >= 0.6 is 0 Å². The molecule has 1 aromatic rings. The number of carbonyl (C=O) groups excluding carboxylic acids is 1. The minimum absolute atomic E-state index is 0.0979. The third kappa shape index (κ3) is 4.89. The maximum Gasteiger partial charge on any atom is 0.334 e. The van der Waals surface area contributed by atoms with Crippen molar-refractivity contribution in [1.82, 2.24) is 5.32 Å². The Morgan fingerprint density at radius 2 is 1.90 bits per heavy atom. The predicted molar refractivity (Wildman–Crippen MR) is 72.6 cm³/mol. The van der Waals surface area contributed by atoms with Crippen LogP contribution in [0.3, 0.4) is 0 Å². The average molecular weight is 281 g/mol. The minimum atomic E-state index is -1.12. The van der Waals surface area contributed by atoms with Crippen LogP contribution in [0.1, 0.15) is 13.3 Å². The van der Waals surface area contributed by atoms with Crippen molar-refractivity contribution in [2.75, 3.05) is 13.7 Å². The number of hydrogen-bond acceptors (Lipinski definition) is 4. The van der Waals surface area contributed by atoms with E-state index in [1.807, 2.05) is 25.1 Å². The van der Waals surface area contributed by atoms with Gasteiger partial charge in [0.05, 0.1) is 6.54 Å². The van der Waals surface area contributed by atoms with Crippen LogP contribution in [-0.4, -0.2) is 42.8 Å². The van der Waals surface area contributed by atoms with E-state index >= 15 is 0 Å². The maximum atomic E-state index is 11.9. The highest BCUT2D eigenvalue weighted by molar-refractivity contribution is 5.82. The van der Waals surface area contributed by atoms with E-state index in [0.29, 0.717) is 12.2 Å². The number of benzene rings is 1. The molecule has 2 N–H and O–H groups in total. The van der Waals surface area contributed by atoms with E-state index in [4.69, 9.17) is 14.6 Å². The second-order valence-corrected chi connectivity index (χ2v) is 4.14. The molecule has 0 saturated heterocycles. The molecular weight excluding hydrogens is 262 g/mol. The van der Waals surface area contributed by atoms with Gasteiger partial charge in [-0.25, -0.2) is 4.79 Å². The molecule has 0 aromatic heterocycles. The Hall–Kier alpha value is -2.08. The van der Waals surface area contributed by atoms with Gasteiger partial charge in [0.2, 0.25) is 0 Å². The largest absolute Gasteiger partial charge is 0.481 e. The second kappa shape index (κ2) is 8.16. The van der Waals surface area contributed by atoms with Crippen molar-refractivity contribution in [3.63, 3.8) is 0 Å². The summed E-state index contributed by atoms with van der Waals surface area (Å²) in [6.07, 6.45) is -1.25. The lowest BCUT2D eigenvalue weighted by molar-refractivity contribution is -0.148. The van der Waals surface area contributed by atoms with E-state index in [1.165, 1.54) is 7.11 Å². The summed E-state index contributed by atoms with van der Waals surface area (Å²) in [6.45, 7) is 1.72. The summed E-state index contributed by atoms with van der Waals surface area (Å²) in [6, 6.07) is 8.98. The fourth-order valence-electron chi connectivity index (χ4n) is 1.56. The molecule has 0 spiro atoms. The second-order valence-electron chi connectivity index (χ2n) is 4.14. The van der Waals surface area contributed by atoms with E-state index in [0.717, 1.165) is 0 Å². The van der Waals surface area contributed by atoms with Crippen molar-refractivity contribution in [2.45, 2.75) is 25.6 Å². The lowest BCUT2D eigenvalue weighted by Crippen LogP contribution is -2.44. The number of nitrogens with one attached hydrogen (secondary N) is 1. The summed E-state index contributed by atoms with van der Waals surface area (Å²) < 4.78 is 10.3. The van der Waals surface area contributed by atoms with Gasteiger partial charge in [0.1, 0.15) is 5.75 Å². The Morgan fingerprint density at radius 1 is 1.25 bits per heavy atom. The van der Waals surface area contributed by atoms with Gasteiger partial charge in [-0.15, -0.1) is 0 Å². The summed E-state index contributed by atoms with van der Waals surface area (Å²) >= 11 is 0. The SMILES string of the molecule is CCC(Oc1ccccc1)C(=O)NCC(OC)C(=O)O. The number of hydrogen-bond donors (Lipinski definition) is 2. The molecule has 0 radical (unpaired) electrons. The van der Waals surface area contributed by atoms with Gasteiger partial charge in [-0.3, -0.25) is 4.79 Å². The molecule has 1 aromatic carbocycles. The van der Waals surface area contributed by atoms with Crippen LogP contribution in [0.25, 0.3) is 0 Å². The minimum Gasteiger partial charge on any atom is -0.481 e. The Balaban J connectivity index is 2.53. The first-order valence-electron chi connectivity index (χ1n) is 6.33. The number of methoxy groups -OCH3 is 1. The first kappa shape index (κ1) is 16.0. The zero-order valence-corrected chi connectivity index (χ0v) is 11.5. The van der Waals surface area contributed by atoms with Crippen LogP contribution in [-0.2, 0) is 14.3 Å². The van der Waals surface area contributed by atoms with Crippen molar-refractivity contribution in [2.24, 2.45) is 0 Å². The quantitative estimate of drug-likeness (QED) is 0.744. The van der Waals surface area contributed by atoms with Crippen molar-refractivity contribution >= 4 is 11.9 Å². The van der Waals surface area contributed by atoms with E-state index < -0.39 is 18.2 Å². The van der Waals surface area contributed by atoms with Crippen LogP contribution in [0.5, 0.6) is 5.75 Å². The summed E-state index contributed by atoms with van der Waals surface area (Å²) in [7, 11) is 1.28. The zero-order chi connectivity index (χ0) is 15.0. The Kier molecular flexibility index (Phi) is 6.52. The zero-order valence-electron chi connectivity index (χ0n) is 11.5. The molecule has 20 heavy (non-hydrogen) atoms. The van der Waals surface area contributed by atoms with E-state index in [2.05, 4.69) is 5.32 Å². The molecule has 0 aliphatic carbocycles. The third-order valence-corrected chi connectivity index (χ3v) is 2.71. The maximum absolute atomic E-state index is 11.9. The van der Waals surface area contributed by atoms with E-state index in [1.54, 1.807) is 12.1 Å². The highest BCUT2D eigenvalue weighted by Crippen LogP contribution is 2.12. The van der Waals surface area contributed by atoms with Gasteiger partial charge >= 0.3 is 5.97 Å². The van der Waals surface area contributed by atoms with Gasteiger partial charge in [0.15, 0.2) is 12.2 Å². The molecule has 6 heteroatoms. The molecule has 1 amide bonds. The van der Waals surface area contributed by atoms with Crippen LogP contribution in [0.2, 0.25) is 0 Å². The number of para-hydroxylation sites is 1. The average Bonchev–Trinajstić information content (AvgIpc) is 2.45. The van der Waals surface area contributed by atoms with E-state index in [9.17, 15) is 9.59 Å². The molecule has 6 nitrogen and oxygen atoms in total. The topological polar surface area (TPSA) is 84.9 Å². The van der Waals surface area contributed by atoms with Crippen molar-refractivity contribution < 1.29 is 24.2 Å². The monoisotopic (exact) mass is 281 g/mol. The van der Waals surface area contributed by atoms with Crippen LogP contribution in [0.15, 0.2) is 30.3 Å². The number of amides is 1. The fourth-order valence-corrected chi connectivity index (χ4v) is 1.56. The first-order chi connectivity index (χ1) is 9.58. The first-order valence-corrected chi connectivity index (χ1v) is 6.33. The Morgan fingerprint density at radius 3 is 2.40 bits per heavy atom. The number of carbonyl (C=O) groups is 2. The summed E-state index contributed by atoms with van der Waals surface area (Å²) in [4.78, 5) is 22.7. The lowest BCUT2D eigenvalue weighted by atomic mass is 10.2. The predicted octanol–water partition coefficient (Wildman–Crippen LogP) is 1.06. The van der Waals surface area contributed by atoms with Crippen molar-refractivity contribution in [3.8, 4) is 5.75 Å². The standard InChI is InChI=1S/C14H19NO5/c1-3-11(20-10-7-5-4-6-8-10)13(16)15-9-12(19-2)14(17)18/h4-8,11-12H,3,9H2,1-2H3,(H,15,16)(H,17,18).